The van der Waals surface area contributed by atoms with Crippen LogP contribution in [0.1, 0.15) is 29.9 Å². The van der Waals surface area contributed by atoms with Crippen molar-refractivity contribution in [2.24, 2.45) is 0 Å². The summed E-state index contributed by atoms with van der Waals surface area (Å²) in [6, 6.07) is 16.7. The summed E-state index contributed by atoms with van der Waals surface area (Å²) >= 11 is 0. The molecular weight excluding hydrogens is 286 g/mol. The Hall–Kier alpha value is -2.17. The summed E-state index contributed by atoms with van der Waals surface area (Å²) in [7, 11) is 0. The summed E-state index contributed by atoms with van der Waals surface area (Å²) in [4.78, 5) is 10.4. The van der Waals surface area contributed by atoms with Gasteiger partial charge in [-0.15, -0.1) is 0 Å². The molecule has 0 spiro atoms. The van der Waals surface area contributed by atoms with Crippen molar-refractivity contribution < 1.29 is 5.11 Å². The van der Waals surface area contributed by atoms with Gasteiger partial charge in [0.2, 0.25) is 0 Å². The number of nitrogens with zero attached hydrogens (tertiary/aromatic N) is 2. The second-order valence-electron chi connectivity index (χ2n) is 6.00. The number of aliphatic hydroxyl groups excluding tert-OH is 1. The zero-order valence-corrected chi connectivity index (χ0v) is 13.7. The molecule has 0 amide bonds. The third kappa shape index (κ3) is 3.60. The maximum absolute atomic E-state index is 9.41. The number of imidazole rings is 1. The largest absolute Gasteiger partial charge is 0.395 e. The van der Waals surface area contributed by atoms with Gasteiger partial charge in [0.1, 0.15) is 5.82 Å². The molecule has 23 heavy (non-hydrogen) atoms. The van der Waals surface area contributed by atoms with Gasteiger partial charge in [0, 0.05) is 13.1 Å². The molecule has 1 aromatic heterocycles. The monoisotopic (exact) mass is 309 g/mol. The van der Waals surface area contributed by atoms with Crippen molar-refractivity contribution in [3.8, 4) is 0 Å². The Bertz CT molecular complexity index is 767. The van der Waals surface area contributed by atoms with E-state index in [9.17, 15) is 5.11 Å². The van der Waals surface area contributed by atoms with Crippen LogP contribution in [0.5, 0.6) is 0 Å². The fourth-order valence-electron chi connectivity index (χ4n) is 2.87. The Balaban J connectivity index is 1.85. The summed E-state index contributed by atoms with van der Waals surface area (Å²) in [6.07, 6.45) is 0. The minimum absolute atomic E-state index is 0.107. The molecule has 3 rings (SSSR count). The number of aryl methyl sites for hydroxylation is 1. The lowest BCUT2D eigenvalue weighted by molar-refractivity contribution is 0.147. The van der Waals surface area contributed by atoms with Crippen LogP contribution >= 0.6 is 0 Å². The molecule has 120 valence electrons. The van der Waals surface area contributed by atoms with Crippen molar-refractivity contribution in [2.75, 3.05) is 13.2 Å². The fourth-order valence-corrected chi connectivity index (χ4v) is 2.87. The molecule has 0 aliphatic rings. The van der Waals surface area contributed by atoms with E-state index in [-0.39, 0.29) is 12.6 Å². The van der Waals surface area contributed by atoms with Crippen molar-refractivity contribution in [1.29, 1.82) is 0 Å². The smallest absolute Gasteiger partial charge is 0.124 e. The highest BCUT2D eigenvalue weighted by molar-refractivity contribution is 5.75. The predicted octanol–water partition coefficient (Wildman–Crippen LogP) is 3.43. The zero-order chi connectivity index (χ0) is 16.2. The summed E-state index contributed by atoms with van der Waals surface area (Å²) in [6.45, 7) is 5.75. The molecule has 0 aliphatic carbocycles. The molecular formula is C19H23N3O. The van der Waals surface area contributed by atoms with E-state index >= 15 is 0 Å². The summed E-state index contributed by atoms with van der Waals surface area (Å²) < 4.78 is 0. The Kier molecular flexibility index (Phi) is 4.74. The fraction of sp³-hybridized carbons (Fsp3) is 0.316. The van der Waals surface area contributed by atoms with Crippen LogP contribution in [0.25, 0.3) is 11.0 Å². The van der Waals surface area contributed by atoms with Crippen LogP contribution in [-0.4, -0.2) is 33.1 Å². The van der Waals surface area contributed by atoms with E-state index in [0.29, 0.717) is 6.54 Å². The Morgan fingerprint density at radius 3 is 2.70 bits per heavy atom. The van der Waals surface area contributed by atoms with Crippen LogP contribution in [0.15, 0.2) is 48.5 Å². The van der Waals surface area contributed by atoms with Crippen LogP contribution < -0.4 is 0 Å². The van der Waals surface area contributed by atoms with Gasteiger partial charge in [-0.2, -0.15) is 0 Å². The first kappa shape index (κ1) is 15.7. The number of benzene rings is 2. The lowest BCUT2D eigenvalue weighted by Crippen LogP contribution is -2.30. The van der Waals surface area contributed by atoms with E-state index in [4.69, 9.17) is 4.98 Å². The Morgan fingerprint density at radius 1 is 1.17 bits per heavy atom. The molecule has 0 aliphatic heterocycles. The van der Waals surface area contributed by atoms with Crippen LogP contribution in [0.2, 0.25) is 0 Å². The van der Waals surface area contributed by atoms with E-state index in [1.54, 1.807) is 0 Å². The number of H-pyrrole nitrogens is 1. The molecule has 1 heterocycles. The number of hydrogen-bond donors (Lipinski definition) is 2. The lowest BCUT2D eigenvalue weighted by Gasteiger charge is -2.27. The molecule has 2 aromatic carbocycles. The van der Waals surface area contributed by atoms with Gasteiger partial charge in [0.25, 0.3) is 0 Å². The van der Waals surface area contributed by atoms with Crippen molar-refractivity contribution in [1.82, 2.24) is 14.9 Å². The van der Waals surface area contributed by atoms with Gasteiger partial charge in [-0.05, 0) is 37.1 Å². The van der Waals surface area contributed by atoms with Gasteiger partial charge < -0.3 is 10.1 Å². The average molecular weight is 309 g/mol. The summed E-state index contributed by atoms with van der Waals surface area (Å²) in [5, 5.41) is 9.41. The maximum Gasteiger partial charge on any atom is 0.124 e. The van der Waals surface area contributed by atoms with Gasteiger partial charge in [0.05, 0.1) is 23.7 Å². The van der Waals surface area contributed by atoms with Gasteiger partial charge >= 0.3 is 0 Å². The number of aromatic nitrogens is 2. The minimum Gasteiger partial charge on any atom is -0.395 e. The molecule has 4 heteroatoms. The third-order valence-corrected chi connectivity index (χ3v) is 4.21. The molecule has 0 saturated carbocycles. The van der Waals surface area contributed by atoms with Crippen molar-refractivity contribution in [2.45, 2.75) is 26.4 Å². The van der Waals surface area contributed by atoms with Gasteiger partial charge in [-0.1, -0.05) is 36.4 Å². The first-order valence-electron chi connectivity index (χ1n) is 8.02. The molecule has 0 bridgehead atoms. The number of rotatable bonds is 6. The van der Waals surface area contributed by atoms with Crippen LogP contribution in [0.4, 0.5) is 0 Å². The highest BCUT2D eigenvalue weighted by Crippen LogP contribution is 2.23. The van der Waals surface area contributed by atoms with Gasteiger partial charge in [-0.25, -0.2) is 4.98 Å². The van der Waals surface area contributed by atoms with E-state index in [1.807, 2.05) is 24.3 Å². The van der Waals surface area contributed by atoms with Crippen LogP contribution in [0.3, 0.4) is 0 Å². The van der Waals surface area contributed by atoms with E-state index in [2.05, 4.69) is 48.0 Å². The number of nitrogens with one attached hydrogen (secondary N) is 1. The van der Waals surface area contributed by atoms with Gasteiger partial charge in [0.15, 0.2) is 0 Å². The predicted molar refractivity (Wildman–Crippen MR) is 93.2 cm³/mol. The Labute approximate surface area is 136 Å². The summed E-state index contributed by atoms with van der Waals surface area (Å²) in [5.41, 5.74) is 4.51. The van der Waals surface area contributed by atoms with Crippen LogP contribution in [-0.2, 0) is 6.54 Å². The number of hydrogen-bond acceptors (Lipinski definition) is 3. The van der Waals surface area contributed by atoms with Crippen molar-refractivity contribution >= 4 is 11.0 Å². The molecule has 0 saturated heterocycles. The van der Waals surface area contributed by atoms with Crippen molar-refractivity contribution in [3.05, 3.63) is 65.5 Å². The van der Waals surface area contributed by atoms with Gasteiger partial charge in [-0.3, -0.25) is 4.90 Å². The number of fused-ring (bicyclic) bond motifs is 1. The van der Waals surface area contributed by atoms with E-state index < -0.39 is 0 Å². The molecule has 0 fully saturated rings. The topological polar surface area (TPSA) is 52.1 Å². The Morgan fingerprint density at radius 2 is 1.96 bits per heavy atom. The number of aromatic amines is 1. The lowest BCUT2D eigenvalue weighted by atomic mass is 10.1. The normalized spacial score (nSPS) is 12.9. The third-order valence-electron chi connectivity index (χ3n) is 4.21. The zero-order valence-electron chi connectivity index (χ0n) is 13.7. The first-order chi connectivity index (χ1) is 11.2. The van der Waals surface area contributed by atoms with Crippen LogP contribution in [0, 0.1) is 6.92 Å². The molecule has 4 nitrogen and oxygen atoms in total. The first-order valence-corrected chi connectivity index (χ1v) is 8.02. The molecule has 2 N–H and O–H groups in total. The molecule has 1 unspecified atom stereocenters. The highest BCUT2D eigenvalue weighted by atomic mass is 16.3. The molecule has 0 radical (unpaired) electrons. The second-order valence-corrected chi connectivity index (χ2v) is 6.00. The SMILES string of the molecule is Cc1ccc2nc(C(C)N(CCO)Cc3ccccc3)[nH]c2c1. The average Bonchev–Trinajstić information content (AvgIpc) is 2.98. The highest BCUT2D eigenvalue weighted by Gasteiger charge is 2.19. The van der Waals surface area contributed by atoms with E-state index in [0.717, 1.165) is 23.4 Å². The molecule has 3 aromatic rings. The number of aliphatic hydroxyl groups is 1. The standard InChI is InChI=1S/C19H23N3O/c1-14-8-9-17-18(12-14)21-19(20-17)15(2)22(10-11-23)13-16-6-4-3-5-7-16/h3-9,12,15,23H,10-11,13H2,1-2H3,(H,20,21). The summed E-state index contributed by atoms with van der Waals surface area (Å²) in [5.74, 6) is 0.940. The molecule has 1 atom stereocenters. The van der Waals surface area contributed by atoms with Crippen molar-refractivity contribution in [3.63, 3.8) is 0 Å². The second kappa shape index (κ2) is 6.94. The quantitative estimate of drug-likeness (QED) is 0.733. The minimum atomic E-state index is 0.107. The maximum atomic E-state index is 9.41. The van der Waals surface area contributed by atoms with E-state index in [1.165, 1.54) is 11.1 Å².